The maximum Gasteiger partial charge on any atom is 0.0504 e. The first-order chi connectivity index (χ1) is 21.8. The molecule has 6 aromatic rings. The Labute approximate surface area is 259 Å². The predicted octanol–water partition coefficient (Wildman–Crippen LogP) is 11.3. The molecule has 0 spiro atoms. The van der Waals surface area contributed by atoms with E-state index in [0.29, 0.717) is 0 Å². The first-order valence-corrected chi connectivity index (χ1v) is 15.2. The van der Waals surface area contributed by atoms with Crippen LogP contribution in [0.4, 0.5) is 22.7 Å². The molecule has 0 aliphatic heterocycles. The van der Waals surface area contributed by atoms with Gasteiger partial charge in [-0.2, -0.15) is 0 Å². The van der Waals surface area contributed by atoms with Crippen molar-refractivity contribution in [3.05, 3.63) is 179 Å². The number of benzene rings is 6. The summed E-state index contributed by atoms with van der Waals surface area (Å²) >= 11 is 0. The average molecular weight is 567 g/mol. The fraction of sp³-hybridized carbons (Fsp3) is 0.0476. The molecule has 6 aromatic carbocycles. The van der Waals surface area contributed by atoms with Gasteiger partial charge in [-0.25, -0.2) is 0 Å². The van der Waals surface area contributed by atoms with Crippen LogP contribution in [-0.4, -0.2) is 0 Å². The Balaban J connectivity index is 1.17. The second-order valence-corrected chi connectivity index (χ2v) is 11.1. The summed E-state index contributed by atoms with van der Waals surface area (Å²) in [4.78, 5) is 0. The van der Waals surface area contributed by atoms with Crippen LogP contribution in [0.1, 0.15) is 33.4 Å². The molecule has 0 amide bonds. The van der Waals surface area contributed by atoms with Crippen LogP contribution in [0, 0.1) is 0 Å². The molecule has 0 bridgehead atoms. The summed E-state index contributed by atoms with van der Waals surface area (Å²) in [5.74, 6) is 0. The molecule has 0 heterocycles. The lowest BCUT2D eigenvalue weighted by atomic mass is 9.88. The average Bonchev–Trinajstić information content (AvgIpc) is 3.10. The maximum atomic E-state index is 3.81. The first-order valence-electron chi connectivity index (χ1n) is 15.2. The fourth-order valence-electron chi connectivity index (χ4n) is 5.84. The van der Waals surface area contributed by atoms with Gasteiger partial charge in [0.05, 0.1) is 11.4 Å². The Bertz CT molecular complexity index is 1820. The lowest BCUT2D eigenvalue weighted by Crippen LogP contribution is -2.08. The van der Waals surface area contributed by atoms with E-state index in [1.165, 1.54) is 55.5 Å². The van der Waals surface area contributed by atoms with E-state index in [1.807, 2.05) is 12.1 Å². The number of hydrogen-bond donors (Lipinski definition) is 2. The van der Waals surface area contributed by atoms with Crippen molar-refractivity contribution < 1.29 is 0 Å². The van der Waals surface area contributed by atoms with Crippen molar-refractivity contribution in [3.63, 3.8) is 0 Å². The van der Waals surface area contributed by atoms with Crippen LogP contribution in [0.15, 0.2) is 146 Å². The third-order valence-corrected chi connectivity index (χ3v) is 8.14. The van der Waals surface area contributed by atoms with Gasteiger partial charge in [-0.3, -0.25) is 0 Å². The van der Waals surface area contributed by atoms with Crippen molar-refractivity contribution in [2.75, 3.05) is 10.6 Å². The third kappa shape index (κ3) is 6.11. The predicted molar refractivity (Wildman–Crippen MR) is 191 cm³/mol. The molecule has 44 heavy (non-hydrogen) atoms. The summed E-state index contributed by atoms with van der Waals surface area (Å²) in [6.07, 6.45) is 15.0. The highest BCUT2D eigenvalue weighted by Gasteiger charge is 2.20. The molecule has 0 radical (unpaired) electrons. The van der Waals surface area contributed by atoms with Gasteiger partial charge in [-0.15, -0.1) is 0 Å². The molecule has 0 atom stereocenters. The van der Waals surface area contributed by atoms with E-state index in [2.05, 4.69) is 168 Å². The van der Waals surface area contributed by atoms with Crippen LogP contribution >= 0.6 is 0 Å². The SMILES string of the molecule is C1=CCc2c(c(Nc3ccc(/C=C/c4ccccc4)cc3)c3ccccc3c2Nc2ccc(/C=C/c3ccccc3)cc2)C1. The zero-order chi connectivity index (χ0) is 29.6. The van der Waals surface area contributed by atoms with Crippen molar-refractivity contribution in [1.29, 1.82) is 0 Å². The van der Waals surface area contributed by atoms with Crippen molar-refractivity contribution in [3.8, 4) is 0 Å². The highest BCUT2D eigenvalue weighted by atomic mass is 14.9. The molecular weight excluding hydrogens is 532 g/mol. The number of fused-ring (bicyclic) bond motifs is 2. The van der Waals surface area contributed by atoms with Gasteiger partial charge >= 0.3 is 0 Å². The topological polar surface area (TPSA) is 24.1 Å². The third-order valence-electron chi connectivity index (χ3n) is 8.14. The number of hydrogen-bond acceptors (Lipinski definition) is 2. The van der Waals surface area contributed by atoms with Crippen LogP contribution in [-0.2, 0) is 12.8 Å². The molecule has 0 saturated heterocycles. The Morgan fingerprint density at radius 3 is 1.09 bits per heavy atom. The Morgan fingerprint density at radius 2 is 0.705 bits per heavy atom. The molecule has 212 valence electrons. The minimum absolute atomic E-state index is 0.901. The Hall–Kier alpha value is -5.60. The van der Waals surface area contributed by atoms with Gasteiger partial charge in [0, 0.05) is 22.1 Å². The highest BCUT2D eigenvalue weighted by Crippen LogP contribution is 2.42. The molecule has 2 heteroatoms. The fourth-order valence-corrected chi connectivity index (χ4v) is 5.84. The van der Waals surface area contributed by atoms with Crippen molar-refractivity contribution in [1.82, 2.24) is 0 Å². The smallest absolute Gasteiger partial charge is 0.0504 e. The largest absolute Gasteiger partial charge is 0.355 e. The van der Waals surface area contributed by atoms with Gasteiger partial charge in [0.25, 0.3) is 0 Å². The van der Waals surface area contributed by atoms with E-state index in [1.54, 1.807) is 0 Å². The minimum atomic E-state index is 0.901. The standard InChI is InChI=1S/C42H34N2/c1-3-11-31(12-4-1)19-21-33-23-27-35(28-24-33)43-41-37-15-7-9-17-39(37)42(40-18-10-8-16-38(40)41)44-36-29-25-34(26-30-36)22-20-32-13-5-2-6-14-32/h1-15,17,19-30,43-44H,16,18H2/b21-19+,22-20+. The normalized spacial score (nSPS) is 12.5. The highest BCUT2D eigenvalue weighted by molar-refractivity contribution is 6.07. The summed E-state index contributed by atoms with van der Waals surface area (Å²) < 4.78 is 0. The molecule has 0 fully saturated rings. The number of allylic oxidation sites excluding steroid dienone is 2. The second-order valence-electron chi connectivity index (χ2n) is 11.1. The molecule has 7 rings (SSSR count). The van der Waals surface area contributed by atoms with E-state index in [9.17, 15) is 0 Å². The van der Waals surface area contributed by atoms with E-state index < -0.39 is 0 Å². The van der Waals surface area contributed by atoms with Crippen molar-refractivity contribution >= 4 is 57.8 Å². The summed E-state index contributed by atoms with van der Waals surface area (Å²) in [5, 5.41) is 10.1. The number of nitrogens with one attached hydrogen (secondary N) is 2. The molecule has 0 saturated carbocycles. The zero-order valence-electron chi connectivity index (χ0n) is 24.6. The first kappa shape index (κ1) is 27.2. The van der Waals surface area contributed by atoms with Crippen LogP contribution in [0.25, 0.3) is 35.1 Å². The second kappa shape index (κ2) is 12.7. The monoisotopic (exact) mass is 566 g/mol. The Morgan fingerprint density at radius 1 is 0.364 bits per heavy atom. The minimum Gasteiger partial charge on any atom is -0.355 e. The molecule has 0 aromatic heterocycles. The lowest BCUT2D eigenvalue weighted by Gasteiger charge is -2.25. The summed E-state index contributed by atoms with van der Waals surface area (Å²) in [6, 6.07) is 46.9. The van der Waals surface area contributed by atoms with Crippen LogP contribution in [0.2, 0.25) is 0 Å². The number of anilines is 4. The van der Waals surface area contributed by atoms with Crippen molar-refractivity contribution in [2.24, 2.45) is 0 Å². The van der Waals surface area contributed by atoms with Gasteiger partial charge in [0.1, 0.15) is 0 Å². The van der Waals surface area contributed by atoms with Gasteiger partial charge < -0.3 is 10.6 Å². The van der Waals surface area contributed by atoms with Gasteiger partial charge in [0.2, 0.25) is 0 Å². The van der Waals surface area contributed by atoms with E-state index in [4.69, 9.17) is 0 Å². The molecule has 2 nitrogen and oxygen atoms in total. The van der Waals surface area contributed by atoms with Crippen LogP contribution < -0.4 is 10.6 Å². The van der Waals surface area contributed by atoms with E-state index in [0.717, 1.165) is 24.2 Å². The Kier molecular flexibility index (Phi) is 7.88. The zero-order valence-corrected chi connectivity index (χ0v) is 24.6. The maximum absolute atomic E-state index is 3.81. The van der Waals surface area contributed by atoms with Crippen molar-refractivity contribution in [2.45, 2.75) is 12.8 Å². The molecule has 1 aliphatic rings. The summed E-state index contributed by atoms with van der Waals surface area (Å²) in [7, 11) is 0. The number of rotatable bonds is 8. The van der Waals surface area contributed by atoms with E-state index in [-0.39, 0.29) is 0 Å². The molecular formula is C42H34N2. The van der Waals surface area contributed by atoms with Gasteiger partial charge in [-0.1, -0.05) is 146 Å². The quantitative estimate of drug-likeness (QED) is 0.109. The molecule has 1 aliphatic carbocycles. The van der Waals surface area contributed by atoms with Crippen LogP contribution in [0.5, 0.6) is 0 Å². The molecule has 2 N–H and O–H groups in total. The lowest BCUT2D eigenvalue weighted by molar-refractivity contribution is 1.10. The van der Waals surface area contributed by atoms with Crippen LogP contribution in [0.3, 0.4) is 0 Å². The van der Waals surface area contributed by atoms with Gasteiger partial charge in [0.15, 0.2) is 0 Å². The van der Waals surface area contributed by atoms with E-state index >= 15 is 0 Å². The summed E-state index contributed by atoms with van der Waals surface area (Å²) in [5.41, 5.74) is 12.0. The van der Waals surface area contributed by atoms with Gasteiger partial charge in [-0.05, 0) is 70.5 Å². The summed E-state index contributed by atoms with van der Waals surface area (Å²) in [6.45, 7) is 0. The molecule has 0 unspecified atom stereocenters.